The van der Waals surface area contributed by atoms with Gasteiger partial charge in [-0.25, -0.2) is 0 Å². The zero-order chi connectivity index (χ0) is 9.90. The lowest BCUT2D eigenvalue weighted by atomic mass is 9.96. The van der Waals surface area contributed by atoms with Crippen LogP contribution in [0.2, 0.25) is 0 Å². The number of hydrogen-bond acceptors (Lipinski definition) is 3. The van der Waals surface area contributed by atoms with Gasteiger partial charge in [-0.15, -0.1) is 0 Å². The number of carbonyl (C=O) groups is 1. The van der Waals surface area contributed by atoms with Gasteiger partial charge in [-0.3, -0.25) is 4.79 Å². The first-order valence-electron chi connectivity index (χ1n) is 4.56. The highest BCUT2D eigenvalue weighted by Crippen LogP contribution is 2.21. The molecular weight excluding hydrogens is 170 g/mol. The number of hydrogen-bond donors (Lipinski definition) is 1. The Balaban J connectivity index is 2.29. The maximum absolute atomic E-state index is 11.0. The average Bonchev–Trinajstić information content (AvgIpc) is 2.08. The Labute approximate surface area is 78.6 Å². The van der Waals surface area contributed by atoms with Crippen LogP contribution in [0.5, 0.6) is 0 Å². The van der Waals surface area contributed by atoms with Crippen molar-refractivity contribution in [1.29, 1.82) is 0 Å². The van der Waals surface area contributed by atoms with Crippen molar-refractivity contribution in [3.05, 3.63) is 0 Å². The summed E-state index contributed by atoms with van der Waals surface area (Å²) in [6.07, 6.45) is -0.104. The largest absolute Gasteiger partial charge is 0.335 e. The van der Waals surface area contributed by atoms with Crippen LogP contribution in [0.3, 0.4) is 0 Å². The molecule has 0 aromatic carbocycles. The van der Waals surface area contributed by atoms with E-state index in [1.165, 1.54) is 0 Å². The molecule has 1 N–H and O–H groups in total. The van der Waals surface area contributed by atoms with Crippen LogP contribution in [0.1, 0.15) is 27.2 Å². The van der Waals surface area contributed by atoms with Gasteiger partial charge >= 0.3 is 0 Å². The summed E-state index contributed by atoms with van der Waals surface area (Å²) >= 11 is 0. The smallest absolute Gasteiger partial charge is 0.240 e. The first kappa shape index (κ1) is 10.5. The second-order valence-electron chi connectivity index (χ2n) is 4.04. The molecule has 1 rings (SSSR count). The molecule has 0 aliphatic carbocycles. The number of amides is 1. The number of nitrogens with one attached hydrogen (secondary N) is 1. The number of rotatable bonds is 2. The lowest BCUT2D eigenvalue weighted by Crippen LogP contribution is -2.47. The highest BCUT2D eigenvalue weighted by molar-refractivity contribution is 5.75. The second-order valence-corrected chi connectivity index (χ2v) is 4.04. The molecule has 4 heteroatoms. The maximum atomic E-state index is 11.0. The van der Waals surface area contributed by atoms with E-state index in [0.29, 0.717) is 19.6 Å². The van der Waals surface area contributed by atoms with Gasteiger partial charge in [0.2, 0.25) is 12.3 Å². The van der Waals surface area contributed by atoms with E-state index in [0.717, 1.165) is 0 Å². The molecule has 0 unspecified atom stereocenters. The van der Waals surface area contributed by atoms with Crippen molar-refractivity contribution in [2.24, 2.45) is 5.41 Å². The van der Waals surface area contributed by atoms with Crippen LogP contribution in [-0.4, -0.2) is 25.5 Å². The van der Waals surface area contributed by atoms with Crippen LogP contribution in [0, 0.1) is 5.41 Å². The van der Waals surface area contributed by atoms with Gasteiger partial charge in [-0.2, -0.15) is 0 Å². The van der Waals surface area contributed by atoms with Crippen molar-refractivity contribution in [1.82, 2.24) is 5.32 Å². The Kier molecular flexibility index (Phi) is 3.27. The van der Waals surface area contributed by atoms with E-state index in [9.17, 15) is 4.79 Å². The fourth-order valence-corrected chi connectivity index (χ4v) is 1.01. The third kappa shape index (κ3) is 3.32. The van der Waals surface area contributed by atoms with Gasteiger partial charge in [0.1, 0.15) is 0 Å². The molecule has 76 valence electrons. The lowest BCUT2D eigenvalue weighted by molar-refractivity contribution is -0.233. The third-order valence-corrected chi connectivity index (χ3v) is 1.85. The summed E-state index contributed by atoms with van der Waals surface area (Å²) in [7, 11) is 0. The second kappa shape index (κ2) is 4.07. The normalized spacial score (nSPS) is 22.7. The Bertz CT molecular complexity index is 181. The van der Waals surface area contributed by atoms with E-state index in [4.69, 9.17) is 9.47 Å². The molecule has 1 aliphatic heterocycles. The van der Waals surface area contributed by atoms with Crippen LogP contribution < -0.4 is 5.32 Å². The van der Waals surface area contributed by atoms with Crippen LogP contribution >= 0.6 is 0 Å². The van der Waals surface area contributed by atoms with E-state index in [1.54, 1.807) is 6.92 Å². The predicted octanol–water partition coefficient (Wildman–Crippen LogP) is 0.869. The van der Waals surface area contributed by atoms with Gasteiger partial charge in [0.15, 0.2) is 0 Å². The van der Waals surface area contributed by atoms with Gasteiger partial charge in [0, 0.05) is 11.8 Å². The standard InChI is InChI=1S/C9H17NO3/c1-4-7(11)10-8-12-5-9(2,3)6-13-8/h8H,4-6H2,1-3H3,(H,10,11). The molecule has 0 saturated carbocycles. The lowest BCUT2D eigenvalue weighted by Gasteiger charge is -2.34. The zero-order valence-corrected chi connectivity index (χ0v) is 8.42. The summed E-state index contributed by atoms with van der Waals surface area (Å²) in [4.78, 5) is 11.0. The molecule has 1 heterocycles. The Morgan fingerprint density at radius 3 is 2.46 bits per heavy atom. The summed E-state index contributed by atoms with van der Waals surface area (Å²) in [5.41, 5.74) is 0.0490. The van der Waals surface area contributed by atoms with Gasteiger partial charge in [0.05, 0.1) is 13.2 Å². The van der Waals surface area contributed by atoms with Crippen LogP contribution in [0.25, 0.3) is 0 Å². The minimum absolute atomic E-state index is 0.0490. The minimum atomic E-state index is -0.555. The fraction of sp³-hybridized carbons (Fsp3) is 0.889. The number of carbonyl (C=O) groups excluding carboxylic acids is 1. The predicted molar refractivity (Wildman–Crippen MR) is 47.9 cm³/mol. The van der Waals surface area contributed by atoms with Gasteiger partial charge in [0.25, 0.3) is 0 Å². The Hall–Kier alpha value is -0.610. The molecule has 0 bridgehead atoms. The molecular formula is C9H17NO3. The third-order valence-electron chi connectivity index (χ3n) is 1.85. The van der Waals surface area contributed by atoms with E-state index >= 15 is 0 Å². The first-order chi connectivity index (χ1) is 6.03. The molecule has 4 nitrogen and oxygen atoms in total. The molecule has 0 radical (unpaired) electrons. The van der Waals surface area contributed by atoms with Gasteiger partial charge in [-0.05, 0) is 0 Å². The van der Waals surface area contributed by atoms with Crippen molar-refractivity contribution < 1.29 is 14.3 Å². The molecule has 1 aliphatic rings. The summed E-state index contributed by atoms with van der Waals surface area (Å²) in [5.74, 6) is -0.0512. The highest BCUT2D eigenvalue weighted by Gasteiger charge is 2.28. The number of ether oxygens (including phenoxy) is 2. The monoisotopic (exact) mass is 187 g/mol. The van der Waals surface area contributed by atoms with E-state index in [1.807, 2.05) is 0 Å². The van der Waals surface area contributed by atoms with E-state index in [-0.39, 0.29) is 11.3 Å². The fourth-order valence-electron chi connectivity index (χ4n) is 1.01. The zero-order valence-electron chi connectivity index (χ0n) is 8.42. The van der Waals surface area contributed by atoms with Crippen molar-refractivity contribution in [3.8, 4) is 0 Å². The van der Waals surface area contributed by atoms with Crippen LogP contribution in [0.15, 0.2) is 0 Å². The van der Waals surface area contributed by atoms with Crippen molar-refractivity contribution in [2.75, 3.05) is 13.2 Å². The SMILES string of the molecule is CCC(=O)NC1OCC(C)(C)CO1. The highest BCUT2D eigenvalue weighted by atomic mass is 16.7. The summed E-state index contributed by atoms with van der Waals surface area (Å²) in [6.45, 7) is 7.14. The summed E-state index contributed by atoms with van der Waals surface area (Å²) in [5, 5.41) is 2.62. The molecule has 1 fully saturated rings. The van der Waals surface area contributed by atoms with E-state index in [2.05, 4.69) is 19.2 Å². The van der Waals surface area contributed by atoms with Crippen molar-refractivity contribution >= 4 is 5.91 Å². The van der Waals surface area contributed by atoms with Crippen molar-refractivity contribution in [2.45, 2.75) is 33.6 Å². The molecule has 0 spiro atoms. The Morgan fingerprint density at radius 2 is 2.00 bits per heavy atom. The van der Waals surface area contributed by atoms with Gasteiger partial charge < -0.3 is 14.8 Å². The Morgan fingerprint density at radius 1 is 1.46 bits per heavy atom. The molecule has 0 atom stereocenters. The molecule has 13 heavy (non-hydrogen) atoms. The van der Waals surface area contributed by atoms with E-state index < -0.39 is 6.41 Å². The van der Waals surface area contributed by atoms with Crippen molar-refractivity contribution in [3.63, 3.8) is 0 Å². The maximum Gasteiger partial charge on any atom is 0.240 e. The average molecular weight is 187 g/mol. The first-order valence-corrected chi connectivity index (χ1v) is 4.56. The van der Waals surface area contributed by atoms with Crippen LogP contribution in [-0.2, 0) is 14.3 Å². The quantitative estimate of drug-likeness (QED) is 0.697. The van der Waals surface area contributed by atoms with Crippen LogP contribution in [0.4, 0.5) is 0 Å². The molecule has 0 aromatic rings. The molecule has 1 saturated heterocycles. The minimum Gasteiger partial charge on any atom is -0.335 e. The topological polar surface area (TPSA) is 47.6 Å². The summed E-state index contributed by atoms with van der Waals surface area (Å²) < 4.78 is 10.6. The molecule has 0 aromatic heterocycles. The molecule has 1 amide bonds. The summed E-state index contributed by atoms with van der Waals surface area (Å²) in [6, 6.07) is 0. The van der Waals surface area contributed by atoms with Gasteiger partial charge in [-0.1, -0.05) is 20.8 Å².